The van der Waals surface area contributed by atoms with Gasteiger partial charge in [-0.25, -0.2) is 0 Å². The van der Waals surface area contributed by atoms with Gasteiger partial charge in [0.2, 0.25) is 0 Å². The molecule has 0 amide bonds. The van der Waals surface area contributed by atoms with Crippen molar-refractivity contribution in [1.82, 2.24) is 4.98 Å². The number of fused-ring (bicyclic) bond motifs is 1. The summed E-state index contributed by atoms with van der Waals surface area (Å²) < 4.78 is 76.6. The summed E-state index contributed by atoms with van der Waals surface area (Å²) in [4.78, 5) is 2.88. The molecule has 0 aliphatic carbocycles. The molecule has 0 bridgehead atoms. The highest BCUT2D eigenvalue weighted by Crippen LogP contribution is 2.36. The summed E-state index contributed by atoms with van der Waals surface area (Å²) >= 11 is 0. The molecule has 3 aromatic rings. The lowest BCUT2D eigenvalue weighted by Crippen LogP contribution is -2.12. The smallest absolute Gasteiger partial charge is 0.354 e. The number of rotatable bonds is 2. The molecule has 7 heteroatoms. The maximum absolute atomic E-state index is 12.9. The Morgan fingerprint density at radius 1 is 0.792 bits per heavy atom. The summed E-state index contributed by atoms with van der Waals surface area (Å²) in [6, 6.07) is 10.5. The van der Waals surface area contributed by atoms with Crippen LogP contribution in [0.2, 0.25) is 0 Å². The van der Waals surface area contributed by atoms with Crippen LogP contribution < -0.4 is 0 Å². The minimum absolute atomic E-state index is 0.0258. The molecule has 1 heterocycles. The third-order valence-corrected chi connectivity index (χ3v) is 3.69. The van der Waals surface area contributed by atoms with Gasteiger partial charge in [0.1, 0.15) is 0 Å². The van der Waals surface area contributed by atoms with Gasteiger partial charge < -0.3 is 4.98 Å². The van der Waals surface area contributed by atoms with Crippen molar-refractivity contribution >= 4 is 10.9 Å². The lowest BCUT2D eigenvalue weighted by atomic mass is 10.0. The number of benzene rings is 2. The van der Waals surface area contributed by atoms with E-state index >= 15 is 0 Å². The van der Waals surface area contributed by atoms with Gasteiger partial charge in [0.25, 0.3) is 0 Å². The molecule has 0 saturated carbocycles. The zero-order valence-corrected chi connectivity index (χ0v) is 12.1. The van der Waals surface area contributed by atoms with Gasteiger partial charge in [0.05, 0.1) is 17.7 Å². The van der Waals surface area contributed by atoms with Crippen LogP contribution in [0.5, 0.6) is 0 Å². The third kappa shape index (κ3) is 3.25. The Labute approximate surface area is 132 Å². The zero-order valence-electron chi connectivity index (χ0n) is 12.1. The molecule has 0 atom stereocenters. The first-order chi connectivity index (χ1) is 11.1. The van der Waals surface area contributed by atoms with Crippen molar-refractivity contribution in [3.05, 3.63) is 59.7 Å². The maximum atomic E-state index is 12.9. The van der Waals surface area contributed by atoms with Crippen LogP contribution in [0, 0.1) is 0 Å². The average molecular weight is 343 g/mol. The Hall–Kier alpha value is -2.44. The highest BCUT2D eigenvalue weighted by molar-refractivity contribution is 5.90. The Morgan fingerprint density at radius 3 is 2.00 bits per heavy atom. The van der Waals surface area contributed by atoms with Gasteiger partial charge in [0, 0.05) is 10.9 Å². The molecular weight excluding hydrogens is 332 g/mol. The molecule has 0 spiro atoms. The second-order valence-electron chi connectivity index (χ2n) is 5.39. The number of para-hydroxylation sites is 1. The molecule has 0 saturated heterocycles. The van der Waals surface area contributed by atoms with Crippen LogP contribution in [-0.4, -0.2) is 11.2 Å². The minimum Gasteiger partial charge on any atom is -0.354 e. The second kappa shape index (κ2) is 5.58. The number of hydrogen-bond acceptors (Lipinski definition) is 0. The van der Waals surface area contributed by atoms with Crippen LogP contribution >= 0.6 is 0 Å². The van der Waals surface area contributed by atoms with E-state index in [0.29, 0.717) is 10.9 Å². The van der Waals surface area contributed by atoms with E-state index < -0.39 is 24.3 Å². The SMILES string of the molecule is FC(F)(F)Cc1c(-c2ccc(C(F)(F)F)cc2)[nH]c2ccccc12. The van der Waals surface area contributed by atoms with Crippen molar-refractivity contribution in [3.8, 4) is 11.3 Å². The normalized spacial score (nSPS) is 12.8. The summed E-state index contributed by atoms with van der Waals surface area (Å²) in [7, 11) is 0. The first-order valence-electron chi connectivity index (χ1n) is 6.99. The zero-order chi connectivity index (χ0) is 17.5. The van der Waals surface area contributed by atoms with Crippen LogP contribution in [0.1, 0.15) is 11.1 Å². The fourth-order valence-electron chi connectivity index (χ4n) is 2.66. The first-order valence-corrected chi connectivity index (χ1v) is 6.99. The molecule has 126 valence electrons. The third-order valence-electron chi connectivity index (χ3n) is 3.69. The number of aromatic amines is 1. The fourth-order valence-corrected chi connectivity index (χ4v) is 2.66. The topological polar surface area (TPSA) is 15.8 Å². The highest BCUT2D eigenvalue weighted by atomic mass is 19.4. The second-order valence-corrected chi connectivity index (χ2v) is 5.39. The number of hydrogen-bond donors (Lipinski definition) is 1. The number of alkyl halides is 6. The van der Waals surface area contributed by atoms with Gasteiger partial charge in [0.15, 0.2) is 0 Å². The molecule has 1 N–H and O–H groups in total. The van der Waals surface area contributed by atoms with Crippen molar-refractivity contribution in [3.63, 3.8) is 0 Å². The summed E-state index contributed by atoms with van der Waals surface area (Å²) in [6.45, 7) is 0. The number of halogens is 6. The molecule has 0 fully saturated rings. The predicted molar refractivity (Wildman–Crippen MR) is 78.5 cm³/mol. The molecular formula is C17H11F6N. The molecule has 1 aromatic heterocycles. The average Bonchev–Trinajstić information content (AvgIpc) is 2.84. The Bertz CT molecular complexity index is 855. The van der Waals surface area contributed by atoms with Gasteiger partial charge in [-0.2, -0.15) is 26.3 Å². The van der Waals surface area contributed by atoms with Crippen molar-refractivity contribution in [1.29, 1.82) is 0 Å². The standard InChI is InChI=1S/C17H11F6N/c18-16(19,20)9-13-12-3-1-2-4-14(12)24-15(13)10-5-7-11(8-6-10)17(21,22)23/h1-8,24H,9H2. The molecule has 0 radical (unpaired) electrons. The monoisotopic (exact) mass is 343 g/mol. The van der Waals surface area contributed by atoms with E-state index in [1.54, 1.807) is 24.3 Å². The van der Waals surface area contributed by atoms with Crippen LogP contribution in [0.4, 0.5) is 26.3 Å². The van der Waals surface area contributed by atoms with Gasteiger partial charge in [-0.15, -0.1) is 0 Å². The molecule has 1 nitrogen and oxygen atoms in total. The van der Waals surface area contributed by atoms with Crippen molar-refractivity contribution < 1.29 is 26.3 Å². The number of aromatic nitrogens is 1. The first kappa shape index (κ1) is 16.4. The molecule has 3 rings (SSSR count). The Balaban J connectivity index is 2.13. The largest absolute Gasteiger partial charge is 0.416 e. The van der Waals surface area contributed by atoms with Crippen LogP contribution in [-0.2, 0) is 12.6 Å². The summed E-state index contributed by atoms with van der Waals surface area (Å²) in [5, 5.41) is 0.407. The predicted octanol–water partition coefficient (Wildman–Crippen LogP) is 5.96. The molecule has 24 heavy (non-hydrogen) atoms. The molecule has 2 aromatic carbocycles. The van der Waals surface area contributed by atoms with Crippen LogP contribution in [0.15, 0.2) is 48.5 Å². The quantitative estimate of drug-likeness (QED) is 0.553. The minimum atomic E-state index is -4.49. The summed E-state index contributed by atoms with van der Waals surface area (Å²) in [5.74, 6) is 0. The van der Waals surface area contributed by atoms with Gasteiger partial charge in [-0.3, -0.25) is 0 Å². The summed E-state index contributed by atoms with van der Waals surface area (Å²) in [6.07, 6.45) is -10.1. The van der Waals surface area contributed by atoms with E-state index in [0.717, 1.165) is 12.1 Å². The van der Waals surface area contributed by atoms with E-state index in [2.05, 4.69) is 4.98 Å². The Morgan fingerprint density at radius 2 is 1.42 bits per heavy atom. The summed E-state index contributed by atoms with van der Waals surface area (Å²) in [5.41, 5.74) is 0.143. The van der Waals surface area contributed by atoms with Crippen molar-refractivity contribution in [2.24, 2.45) is 0 Å². The van der Waals surface area contributed by atoms with Gasteiger partial charge in [-0.05, 0) is 29.3 Å². The molecule has 0 aliphatic heterocycles. The van der Waals surface area contributed by atoms with E-state index in [1.807, 2.05) is 0 Å². The van der Waals surface area contributed by atoms with E-state index in [-0.39, 0.29) is 16.8 Å². The van der Waals surface area contributed by atoms with E-state index in [1.165, 1.54) is 12.1 Å². The lowest BCUT2D eigenvalue weighted by molar-refractivity contribution is -0.137. The van der Waals surface area contributed by atoms with Crippen molar-refractivity contribution in [2.75, 3.05) is 0 Å². The highest BCUT2D eigenvalue weighted by Gasteiger charge is 2.32. The Kier molecular flexibility index (Phi) is 3.81. The fraction of sp³-hybridized carbons (Fsp3) is 0.176. The van der Waals surface area contributed by atoms with Crippen molar-refractivity contribution in [2.45, 2.75) is 18.8 Å². The molecule has 0 aliphatic rings. The van der Waals surface area contributed by atoms with Gasteiger partial charge in [-0.1, -0.05) is 30.3 Å². The van der Waals surface area contributed by atoms with Crippen LogP contribution in [0.3, 0.4) is 0 Å². The van der Waals surface area contributed by atoms with E-state index in [9.17, 15) is 26.3 Å². The number of H-pyrrole nitrogens is 1. The van der Waals surface area contributed by atoms with E-state index in [4.69, 9.17) is 0 Å². The molecule has 0 unspecified atom stereocenters. The van der Waals surface area contributed by atoms with Gasteiger partial charge >= 0.3 is 12.4 Å². The van der Waals surface area contributed by atoms with Crippen LogP contribution in [0.25, 0.3) is 22.2 Å². The maximum Gasteiger partial charge on any atom is 0.416 e. The lowest BCUT2D eigenvalue weighted by Gasteiger charge is -2.10. The number of nitrogens with one attached hydrogen (secondary N) is 1.